The quantitative estimate of drug-likeness (QED) is 0.378. The first-order chi connectivity index (χ1) is 9.61. The summed E-state index contributed by atoms with van der Waals surface area (Å²) in [6, 6.07) is 3.59. The number of aryl methyl sites for hydroxylation is 1. The van der Waals surface area contributed by atoms with E-state index in [-0.39, 0.29) is 5.69 Å². The summed E-state index contributed by atoms with van der Waals surface area (Å²) in [5.41, 5.74) is 0.297. The Morgan fingerprint density at radius 2 is 2.30 bits per heavy atom. The van der Waals surface area contributed by atoms with Crippen LogP contribution in [-0.2, 0) is 5.75 Å². The number of thioether (sulfide) groups is 1. The Morgan fingerprint density at radius 1 is 1.50 bits per heavy atom. The fraction of sp³-hybridized carbons (Fsp3) is 0.333. The van der Waals surface area contributed by atoms with E-state index >= 15 is 0 Å². The molecule has 0 atom stereocenters. The van der Waals surface area contributed by atoms with Gasteiger partial charge in [0.1, 0.15) is 11.5 Å². The molecule has 2 aromatic heterocycles. The lowest BCUT2D eigenvalue weighted by molar-refractivity contribution is -0.389. The Hall–Kier alpha value is -2.09. The number of hydrogen-bond acceptors (Lipinski definition) is 7. The fourth-order valence-corrected chi connectivity index (χ4v) is 2.58. The van der Waals surface area contributed by atoms with E-state index in [1.807, 2.05) is 13.0 Å². The van der Waals surface area contributed by atoms with Crippen LogP contribution in [0.2, 0.25) is 0 Å². The van der Waals surface area contributed by atoms with E-state index in [0.717, 1.165) is 5.76 Å². The summed E-state index contributed by atoms with van der Waals surface area (Å²) in [6.07, 6.45) is 1.57. The second kappa shape index (κ2) is 6.38. The zero-order chi connectivity index (χ0) is 14.5. The van der Waals surface area contributed by atoms with E-state index in [2.05, 4.69) is 15.3 Å². The van der Waals surface area contributed by atoms with Gasteiger partial charge in [-0.05, 0) is 26.0 Å². The Kier molecular flexibility index (Phi) is 4.57. The highest BCUT2D eigenvalue weighted by atomic mass is 32.2. The van der Waals surface area contributed by atoms with Crippen LogP contribution in [0.1, 0.15) is 18.4 Å². The van der Waals surface area contributed by atoms with Crippen molar-refractivity contribution < 1.29 is 9.34 Å². The van der Waals surface area contributed by atoms with Gasteiger partial charge in [-0.25, -0.2) is 4.98 Å². The molecule has 0 unspecified atom stereocenters. The summed E-state index contributed by atoms with van der Waals surface area (Å²) < 4.78 is 5.21. The van der Waals surface area contributed by atoms with Crippen LogP contribution in [0, 0.1) is 17.0 Å². The van der Waals surface area contributed by atoms with E-state index in [1.54, 1.807) is 19.3 Å². The maximum atomic E-state index is 11.1. The molecule has 0 aliphatic rings. The van der Waals surface area contributed by atoms with Gasteiger partial charge in [-0.15, -0.1) is 0 Å². The van der Waals surface area contributed by atoms with Crippen molar-refractivity contribution in [3.63, 3.8) is 0 Å². The van der Waals surface area contributed by atoms with Gasteiger partial charge < -0.3 is 9.73 Å². The minimum absolute atomic E-state index is 0.0526. The van der Waals surface area contributed by atoms with Crippen molar-refractivity contribution >= 4 is 23.4 Å². The normalized spacial score (nSPS) is 10.5. The predicted octanol–water partition coefficient (Wildman–Crippen LogP) is 3.01. The van der Waals surface area contributed by atoms with E-state index in [9.17, 15) is 10.1 Å². The first-order valence-corrected chi connectivity index (χ1v) is 7.02. The van der Waals surface area contributed by atoms with Crippen LogP contribution < -0.4 is 5.32 Å². The van der Waals surface area contributed by atoms with Gasteiger partial charge >= 0.3 is 5.69 Å². The molecule has 0 saturated carbocycles. The average Bonchev–Trinajstić information content (AvgIpc) is 2.88. The molecule has 0 radical (unpaired) electrons. The van der Waals surface area contributed by atoms with Gasteiger partial charge in [0, 0.05) is 6.54 Å². The number of furan rings is 1. The summed E-state index contributed by atoms with van der Waals surface area (Å²) >= 11 is 1.26. The third-order valence-corrected chi connectivity index (χ3v) is 3.46. The van der Waals surface area contributed by atoms with E-state index < -0.39 is 4.92 Å². The van der Waals surface area contributed by atoms with Crippen LogP contribution in [0.5, 0.6) is 0 Å². The van der Waals surface area contributed by atoms with E-state index in [0.29, 0.717) is 29.0 Å². The van der Waals surface area contributed by atoms with Crippen molar-refractivity contribution in [2.45, 2.75) is 24.6 Å². The van der Waals surface area contributed by atoms with Crippen molar-refractivity contribution in [1.82, 2.24) is 9.97 Å². The van der Waals surface area contributed by atoms with Crippen molar-refractivity contribution in [3.05, 3.63) is 40.0 Å². The maximum Gasteiger partial charge on any atom is 0.322 e. The first kappa shape index (κ1) is 14.3. The number of nitrogens with zero attached hydrogens (tertiary/aromatic N) is 3. The van der Waals surface area contributed by atoms with Crippen LogP contribution in [0.3, 0.4) is 0 Å². The summed E-state index contributed by atoms with van der Waals surface area (Å²) in [4.78, 5) is 19.0. The molecule has 0 bridgehead atoms. The predicted molar refractivity (Wildman–Crippen MR) is 75.9 cm³/mol. The largest absolute Gasteiger partial charge is 0.468 e. The lowest BCUT2D eigenvalue weighted by Crippen LogP contribution is -2.07. The maximum absolute atomic E-state index is 11.1. The Morgan fingerprint density at radius 3 is 2.90 bits per heavy atom. The Labute approximate surface area is 120 Å². The van der Waals surface area contributed by atoms with Gasteiger partial charge in [-0.2, -0.15) is 4.98 Å². The molecule has 20 heavy (non-hydrogen) atoms. The summed E-state index contributed by atoms with van der Waals surface area (Å²) in [5, 5.41) is 14.5. The zero-order valence-electron chi connectivity index (χ0n) is 11.1. The third kappa shape index (κ3) is 3.27. The molecule has 0 aliphatic heterocycles. The van der Waals surface area contributed by atoms with Gasteiger partial charge in [0.2, 0.25) is 5.95 Å². The molecule has 0 amide bonds. The standard InChI is InChI=1S/C12H14N4O3S/c1-3-13-12-14-8(2)10(16(17)18)11(15-12)20-7-9-5-4-6-19-9/h4-6H,3,7H2,1-2H3,(H,13,14,15). The molecule has 0 spiro atoms. The monoisotopic (exact) mass is 294 g/mol. The van der Waals surface area contributed by atoms with Gasteiger partial charge in [-0.1, -0.05) is 11.8 Å². The topological polar surface area (TPSA) is 94.1 Å². The summed E-state index contributed by atoms with van der Waals surface area (Å²) in [5.74, 6) is 1.62. The van der Waals surface area contributed by atoms with Gasteiger partial charge in [0.15, 0.2) is 5.03 Å². The molecule has 0 saturated heterocycles. The van der Waals surface area contributed by atoms with Crippen LogP contribution >= 0.6 is 11.8 Å². The molecule has 2 aromatic rings. The molecule has 1 N–H and O–H groups in total. The average molecular weight is 294 g/mol. The number of nitrogens with one attached hydrogen (secondary N) is 1. The third-order valence-electron chi connectivity index (χ3n) is 2.48. The summed E-state index contributed by atoms with van der Waals surface area (Å²) in [6.45, 7) is 4.17. The molecule has 2 rings (SSSR count). The smallest absolute Gasteiger partial charge is 0.322 e. The van der Waals surface area contributed by atoms with Crippen molar-refractivity contribution in [3.8, 4) is 0 Å². The molecule has 0 aromatic carbocycles. The second-order valence-electron chi connectivity index (χ2n) is 3.94. The van der Waals surface area contributed by atoms with E-state index in [4.69, 9.17) is 4.42 Å². The van der Waals surface area contributed by atoms with Crippen LogP contribution in [-0.4, -0.2) is 21.4 Å². The number of hydrogen-bond donors (Lipinski definition) is 1. The molecule has 7 nitrogen and oxygen atoms in total. The molecular formula is C12H14N4O3S. The van der Waals surface area contributed by atoms with Crippen molar-refractivity contribution in [1.29, 1.82) is 0 Å². The number of anilines is 1. The number of aromatic nitrogens is 2. The number of rotatable bonds is 6. The minimum Gasteiger partial charge on any atom is -0.468 e. The molecule has 0 fully saturated rings. The lowest BCUT2D eigenvalue weighted by Gasteiger charge is -2.07. The van der Waals surface area contributed by atoms with Crippen LogP contribution in [0.15, 0.2) is 27.8 Å². The molecule has 2 heterocycles. The SMILES string of the molecule is CCNc1nc(C)c([N+](=O)[O-])c(SCc2ccco2)n1. The Bertz CT molecular complexity index is 601. The highest BCUT2D eigenvalue weighted by molar-refractivity contribution is 7.98. The van der Waals surface area contributed by atoms with Crippen molar-refractivity contribution in [2.24, 2.45) is 0 Å². The minimum atomic E-state index is -0.449. The van der Waals surface area contributed by atoms with Gasteiger partial charge in [-0.3, -0.25) is 10.1 Å². The Balaban J connectivity index is 2.29. The van der Waals surface area contributed by atoms with Crippen LogP contribution in [0.4, 0.5) is 11.6 Å². The molecule has 0 aliphatic carbocycles. The van der Waals surface area contributed by atoms with Crippen molar-refractivity contribution in [2.75, 3.05) is 11.9 Å². The lowest BCUT2D eigenvalue weighted by atomic mass is 10.4. The first-order valence-electron chi connectivity index (χ1n) is 6.04. The fourth-order valence-electron chi connectivity index (χ4n) is 1.62. The zero-order valence-corrected chi connectivity index (χ0v) is 11.9. The molecule has 8 heteroatoms. The molecule has 106 valence electrons. The highest BCUT2D eigenvalue weighted by Gasteiger charge is 2.22. The van der Waals surface area contributed by atoms with Gasteiger partial charge in [0.05, 0.1) is 16.9 Å². The van der Waals surface area contributed by atoms with E-state index in [1.165, 1.54) is 11.8 Å². The van der Waals surface area contributed by atoms with Crippen LogP contribution in [0.25, 0.3) is 0 Å². The highest BCUT2D eigenvalue weighted by Crippen LogP contribution is 2.32. The second-order valence-corrected chi connectivity index (χ2v) is 4.91. The van der Waals surface area contributed by atoms with Gasteiger partial charge in [0.25, 0.3) is 0 Å². The number of nitro groups is 1. The molecular weight excluding hydrogens is 280 g/mol. The summed E-state index contributed by atoms with van der Waals surface area (Å²) in [7, 11) is 0.